The van der Waals surface area contributed by atoms with Crippen molar-refractivity contribution in [2.24, 2.45) is 0 Å². The molecule has 0 aromatic heterocycles. The first kappa shape index (κ1) is 15.8. The Morgan fingerprint density at radius 2 is 2.00 bits per heavy atom. The molecule has 0 fully saturated rings. The Morgan fingerprint density at radius 3 is 2.59 bits per heavy atom. The average molecular weight is 318 g/mol. The lowest BCUT2D eigenvalue weighted by molar-refractivity contribution is -0.384. The standard InChI is InChI=1S/C15H12ClN3O3/c16-12-3-1-10(2-4-12)15(20)9-18-14-6-5-13(19(21)22)7-11(14)8-17/h1-7,15,18,20H,9H2/t15-/m0/s1. The van der Waals surface area contributed by atoms with E-state index >= 15 is 0 Å². The zero-order valence-electron chi connectivity index (χ0n) is 11.4. The van der Waals surface area contributed by atoms with Crippen LogP contribution in [0.15, 0.2) is 42.5 Å². The zero-order chi connectivity index (χ0) is 16.1. The van der Waals surface area contributed by atoms with Crippen molar-refractivity contribution in [3.05, 3.63) is 68.7 Å². The number of anilines is 1. The van der Waals surface area contributed by atoms with Gasteiger partial charge in [0.15, 0.2) is 0 Å². The van der Waals surface area contributed by atoms with E-state index < -0.39 is 11.0 Å². The number of aliphatic hydroxyl groups excluding tert-OH is 1. The molecule has 7 heteroatoms. The van der Waals surface area contributed by atoms with Gasteiger partial charge in [-0.15, -0.1) is 0 Å². The number of rotatable bonds is 5. The summed E-state index contributed by atoms with van der Waals surface area (Å²) in [6.07, 6.45) is -0.793. The number of nitro groups is 1. The summed E-state index contributed by atoms with van der Waals surface area (Å²) in [5, 5.41) is 33.3. The van der Waals surface area contributed by atoms with Crippen molar-refractivity contribution < 1.29 is 10.0 Å². The highest BCUT2D eigenvalue weighted by Gasteiger charge is 2.12. The zero-order valence-corrected chi connectivity index (χ0v) is 12.1. The first-order valence-electron chi connectivity index (χ1n) is 6.37. The monoisotopic (exact) mass is 317 g/mol. The Balaban J connectivity index is 2.09. The number of hydrogen-bond donors (Lipinski definition) is 2. The molecule has 2 N–H and O–H groups in total. The van der Waals surface area contributed by atoms with Crippen LogP contribution in [0.5, 0.6) is 0 Å². The Hall–Kier alpha value is -2.62. The molecule has 0 unspecified atom stereocenters. The van der Waals surface area contributed by atoms with Crippen LogP contribution >= 0.6 is 11.6 Å². The number of halogens is 1. The number of non-ortho nitro benzene ring substituents is 1. The van der Waals surface area contributed by atoms with Gasteiger partial charge < -0.3 is 10.4 Å². The minimum Gasteiger partial charge on any atom is -0.387 e. The third-order valence-corrected chi connectivity index (χ3v) is 3.33. The van der Waals surface area contributed by atoms with E-state index in [4.69, 9.17) is 16.9 Å². The summed E-state index contributed by atoms with van der Waals surface area (Å²) in [7, 11) is 0. The third-order valence-electron chi connectivity index (χ3n) is 3.08. The first-order valence-corrected chi connectivity index (χ1v) is 6.75. The smallest absolute Gasteiger partial charge is 0.270 e. The number of nitriles is 1. The van der Waals surface area contributed by atoms with Crippen LogP contribution < -0.4 is 5.32 Å². The molecule has 0 amide bonds. The second-order valence-corrected chi connectivity index (χ2v) is 4.98. The molecule has 0 aliphatic rings. The van der Waals surface area contributed by atoms with Gasteiger partial charge in [-0.05, 0) is 23.8 Å². The van der Waals surface area contributed by atoms with E-state index in [0.717, 1.165) is 0 Å². The molecule has 0 saturated heterocycles. The third kappa shape index (κ3) is 3.73. The lowest BCUT2D eigenvalue weighted by Gasteiger charge is -2.14. The summed E-state index contributed by atoms with van der Waals surface area (Å²) in [4.78, 5) is 10.1. The molecular formula is C15H12ClN3O3. The Kier molecular flexibility index (Phi) is 4.94. The van der Waals surface area contributed by atoms with Crippen molar-refractivity contribution in [1.29, 1.82) is 5.26 Å². The highest BCUT2D eigenvalue weighted by Crippen LogP contribution is 2.23. The van der Waals surface area contributed by atoms with Gasteiger partial charge in [-0.2, -0.15) is 5.26 Å². The van der Waals surface area contributed by atoms with Crippen LogP contribution in [-0.2, 0) is 0 Å². The van der Waals surface area contributed by atoms with Crippen molar-refractivity contribution in [2.45, 2.75) is 6.10 Å². The second-order valence-electron chi connectivity index (χ2n) is 4.55. The molecule has 22 heavy (non-hydrogen) atoms. The summed E-state index contributed by atoms with van der Waals surface area (Å²) in [6.45, 7) is 0.161. The van der Waals surface area contributed by atoms with Crippen LogP contribution in [0.2, 0.25) is 5.02 Å². The molecular weight excluding hydrogens is 306 g/mol. The maximum Gasteiger partial charge on any atom is 0.270 e. The van der Waals surface area contributed by atoms with Gasteiger partial charge >= 0.3 is 0 Å². The van der Waals surface area contributed by atoms with Gasteiger partial charge in [0.25, 0.3) is 5.69 Å². The van der Waals surface area contributed by atoms with Crippen molar-refractivity contribution in [1.82, 2.24) is 0 Å². The van der Waals surface area contributed by atoms with Gasteiger partial charge in [-0.3, -0.25) is 10.1 Å². The van der Waals surface area contributed by atoms with Crippen LogP contribution in [0.3, 0.4) is 0 Å². The van der Waals surface area contributed by atoms with Crippen molar-refractivity contribution >= 4 is 23.0 Å². The number of nitro benzene ring substituents is 1. The molecule has 0 spiro atoms. The quantitative estimate of drug-likeness (QED) is 0.651. The Labute approximate surface area is 131 Å². The fourth-order valence-corrected chi connectivity index (χ4v) is 2.03. The van der Waals surface area contributed by atoms with Gasteiger partial charge in [0, 0.05) is 23.7 Å². The van der Waals surface area contributed by atoms with Gasteiger partial charge in [-0.25, -0.2) is 0 Å². The lowest BCUT2D eigenvalue weighted by atomic mass is 10.1. The van der Waals surface area contributed by atoms with Gasteiger partial charge in [0.05, 0.1) is 22.3 Å². The summed E-state index contributed by atoms with van der Waals surface area (Å²) < 4.78 is 0. The Bertz CT molecular complexity index is 726. The summed E-state index contributed by atoms with van der Waals surface area (Å²) >= 11 is 5.78. The normalized spacial score (nSPS) is 11.5. The van der Waals surface area contributed by atoms with Crippen LogP contribution in [0.4, 0.5) is 11.4 Å². The SMILES string of the molecule is N#Cc1cc([N+](=O)[O-])ccc1NC[C@H](O)c1ccc(Cl)cc1. The van der Waals surface area contributed by atoms with Crippen molar-refractivity contribution in [3.8, 4) is 6.07 Å². The topological polar surface area (TPSA) is 99.2 Å². The average Bonchev–Trinajstić information content (AvgIpc) is 2.52. The number of aliphatic hydroxyl groups is 1. The lowest BCUT2D eigenvalue weighted by Crippen LogP contribution is -2.13. The first-order chi connectivity index (χ1) is 10.5. The maximum absolute atomic E-state index is 10.7. The molecule has 2 rings (SSSR count). The molecule has 0 aliphatic heterocycles. The summed E-state index contributed by atoms with van der Waals surface area (Å²) in [5.74, 6) is 0. The largest absolute Gasteiger partial charge is 0.387 e. The molecule has 0 aliphatic carbocycles. The van der Waals surface area contributed by atoms with Gasteiger partial charge in [-0.1, -0.05) is 23.7 Å². The summed E-state index contributed by atoms with van der Waals surface area (Å²) in [5.41, 5.74) is 1.11. The highest BCUT2D eigenvalue weighted by atomic mass is 35.5. The number of nitrogens with one attached hydrogen (secondary N) is 1. The predicted molar refractivity (Wildman–Crippen MR) is 82.7 cm³/mol. The van der Waals surface area contributed by atoms with Crippen molar-refractivity contribution in [3.63, 3.8) is 0 Å². The van der Waals surface area contributed by atoms with Gasteiger partial charge in [0.1, 0.15) is 6.07 Å². The molecule has 0 bridgehead atoms. The van der Waals surface area contributed by atoms with Gasteiger partial charge in [0.2, 0.25) is 0 Å². The number of benzene rings is 2. The van der Waals surface area contributed by atoms with E-state index in [2.05, 4.69) is 5.32 Å². The maximum atomic E-state index is 10.7. The van der Waals surface area contributed by atoms with E-state index in [1.54, 1.807) is 24.3 Å². The molecule has 1 atom stereocenters. The molecule has 2 aromatic rings. The Morgan fingerprint density at radius 1 is 1.32 bits per heavy atom. The van der Waals surface area contributed by atoms with E-state index in [1.807, 2.05) is 6.07 Å². The molecule has 0 radical (unpaired) electrons. The second kappa shape index (κ2) is 6.89. The van der Waals surface area contributed by atoms with Crippen molar-refractivity contribution in [2.75, 3.05) is 11.9 Å². The van der Waals surface area contributed by atoms with Crippen LogP contribution in [0.1, 0.15) is 17.2 Å². The number of nitrogens with zero attached hydrogens (tertiary/aromatic N) is 2. The fraction of sp³-hybridized carbons (Fsp3) is 0.133. The molecule has 112 valence electrons. The minimum absolute atomic E-state index is 0.150. The van der Waals surface area contributed by atoms with E-state index in [9.17, 15) is 15.2 Å². The minimum atomic E-state index is -0.793. The molecule has 0 heterocycles. The predicted octanol–water partition coefficient (Wildman–Crippen LogP) is 3.27. The molecule has 6 nitrogen and oxygen atoms in total. The van der Waals surface area contributed by atoms with E-state index in [0.29, 0.717) is 16.3 Å². The van der Waals surface area contributed by atoms with E-state index in [1.165, 1.54) is 18.2 Å². The van der Waals surface area contributed by atoms with Crippen LogP contribution in [-0.4, -0.2) is 16.6 Å². The van der Waals surface area contributed by atoms with Crippen LogP contribution in [0.25, 0.3) is 0 Å². The summed E-state index contributed by atoms with van der Waals surface area (Å²) in [6, 6.07) is 12.6. The van der Waals surface area contributed by atoms with Crippen LogP contribution in [0, 0.1) is 21.4 Å². The molecule has 0 saturated carbocycles. The number of hydrogen-bond acceptors (Lipinski definition) is 5. The molecule has 2 aromatic carbocycles. The van der Waals surface area contributed by atoms with E-state index in [-0.39, 0.29) is 17.8 Å². The highest BCUT2D eigenvalue weighted by molar-refractivity contribution is 6.30. The fourth-order valence-electron chi connectivity index (χ4n) is 1.90.